The molecule has 1 aromatic carbocycles. The molecule has 1 rings (SSSR count). The largest absolute Gasteiger partial charge is 0.416 e. The van der Waals surface area contributed by atoms with Gasteiger partial charge in [-0.2, -0.15) is 13.2 Å². The Bertz CT molecular complexity index is 374. The van der Waals surface area contributed by atoms with Gasteiger partial charge in [0.05, 0.1) is 5.56 Å². The molecule has 0 heterocycles. The lowest BCUT2D eigenvalue weighted by Crippen LogP contribution is -2.06. The van der Waals surface area contributed by atoms with Crippen molar-refractivity contribution in [3.63, 3.8) is 0 Å². The van der Waals surface area contributed by atoms with Crippen LogP contribution in [0.4, 0.5) is 17.6 Å². The van der Waals surface area contributed by atoms with E-state index in [0.29, 0.717) is 18.2 Å². The predicted octanol–water partition coefficient (Wildman–Crippen LogP) is 2.43. The number of hydrogen-bond donors (Lipinski definition) is 1. The topological polar surface area (TPSA) is 37.3 Å². The van der Waals surface area contributed by atoms with Gasteiger partial charge >= 0.3 is 6.18 Å². The third kappa shape index (κ3) is 2.30. The molecule has 1 unspecified atom stereocenters. The molecule has 0 aliphatic heterocycles. The van der Waals surface area contributed by atoms with Crippen LogP contribution in [0.15, 0.2) is 23.1 Å². The fraction of sp³-hybridized carbons (Fsp3) is 0.143. The molecule has 78 valence electrons. The Morgan fingerprint density at radius 2 is 1.86 bits per heavy atom. The zero-order valence-corrected chi connectivity index (χ0v) is 7.32. The molecular weight excluding hydrogens is 224 g/mol. The monoisotopic (exact) mass is 228 g/mol. The SMILES string of the molecule is O=S(O)c1cc(C(F)(F)F)ccc1F. The molecule has 1 atom stereocenters. The van der Waals surface area contributed by atoms with Crippen LogP contribution >= 0.6 is 0 Å². The van der Waals surface area contributed by atoms with Crippen LogP contribution < -0.4 is 0 Å². The Morgan fingerprint density at radius 3 is 2.29 bits per heavy atom. The molecule has 0 spiro atoms. The molecule has 0 aromatic heterocycles. The van der Waals surface area contributed by atoms with Gasteiger partial charge in [0.1, 0.15) is 10.7 Å². The molecule has 0 aliphatic rings. The Hall–Kier alpha value is -0.950. The van der Waals surface area contributed by atoms with Crippen molar-refractivity contribution in [3.05, 3.63) is 29.6 Å². The average Bonchev–Trinajstić information content (AvgIpc) is 2.02. The molecule has 1 N–H and O–H groups in total. The maximum Gasteiger partial charge on any atom is 0.416 e. The van der Waals surface area contributed by atoms with Crippen LogP contribution in [0.5, 0.6) is 0 Å². The molecule has 0 saturated heterocycles. The summed E-state index contributed by atoms with van der Waals surface area (Å²) in [5, 5.41) is 0. The van der Waals surface area contributed by atoms with Gasteiger partial charge in [-0.3, -0.25) is 0 Å². The molecule has 0 bridgehead atoms. The smallest absolute Gasteiger partial charge is 0.302 e. The Balaban J connectivity index is 3.27. The number of alkyl halides is 3. The van der Waals surface area contributed by atoms with Gasteiger partial charge in [0.15, 0.2) is 11.1 Å². The first-order valence-corrected chi connectivity index (χ1v) is 4.40. The van der Waals surface area contributed by atoms with Crippen LogP contribution in [0.3, 0.4) is 0 Å². The summed E-state index contributed by atoms with van der Waals surface area (Å²) in [4.78, 5) is -0.875. The summed E-state index contributed by atoms with van der Waals surface area (Å²) in [5.41, 5.74) is -1.16. The van der Waals surface area contributed by atoms with Crippen molar-refractivity contribution in [1.29, 1.82) is 0 Å². The minimum Gasteiger partial charge on any atom is -0.302 e. The minimum absolute atomic E-state index is 0.311. The lowest BCUT2D eigenvalue weighted by atomic mass is 10.2. The van der Waals surface area contributed by atoms with Crippen LogP contribution in [0, 0.1) is 5.82 Å². The van der Waals surface area contributed by atoms with Crippen molar-refractivity contribution in [2.24, 2.45) is 0 Å². The van der Waals surface area contributed by atoms with E-state index in [0.717, 1.165) is 0 Å². The fourth-order valence-electron chi connectivity index (χ4n) is 0.814. The van der Waals surface area contributed by atoms with Crippen molar-refractivity contribution in [2.45, 2.75) is 11.1 Å². The molecule has 7 heteroatoms. The first kappa shape index (κ1) is 11.1. The standard InChI is InChI=1S/C7H4F4O2S/c8-5-2-1-4(7(9,10)11)3-6(5)14(12)13/h1-3H,(H,12,13). The minimum atomic E-state index is -4.65. The van der Waals surface area contributed by atoms with Crippen molar-refractivity contribution < 1.29 is 26.3 Å². The van der Waals surface area contributed by atoms with E-state index in [1.165, 1.54) is 0 Å². The van der Waals surface area contributed by atoms with Crippen molar-refractivity contribution >= 4 is 11.1 Å². The van der Waals surface area contributed by atoms with E-state index >= 15 is 0 Å². The van der Waals surface area contributed by atoms with Gasteiger partial charge in [0.2, 0.25) is 0 Å². The molecule has 0 amide bonds. The van der Waals surface area contributed by atoms with Crippen LogP contribution in [-0.4, -0.2) is 8.76 Å². The molecule has 1 aromatic rings. The predicted molar refractivity (Wildman–Crippen MR) is 40.4 cm³/mol. The second kappa shape index (κ2) is 3.66. The highest BCUT2D eigenvalue weighted by Gasteiger charge is 2.31. The third-order valence-electron chi connectivity index (χ3n) is 1.45. The van der Waals surface area contributed by atoms with Crippen molar-refractivity contribution in [2.75, 3.05) is 0 Å². The highest BCUT2D eigenvalue weighted by molar-refractivity contribution is 7.79. The molecule has 14 heavy (non-hydrogen) atoms. The molecule has 0 aliphatic carbocycles. The van der Waals surface area contributed by atoms with E-state index in [9.17, 15) is 21.8 Å². The van der Waals surface area contributed by atoms with E-state index < -0.39 is 33.5 Å². The third-order valence-corrected chi connectivity index (χ3v) is 2.14. The first-order valence-electron chi connectivity index (χ1n) is 3.30. The molecule has 0 saturated carbocycles. The second-order valence-corrected chi connectivity index (χ2v) is 3.33. The number of rotatable bonds is 1. The quantitative estimate of drug-likeness (QED) is 0.592. The van der Waals surface area contributed by atoms with Crippen LogP contribution in [0.1, 0.15) is 5.56 Å². The normalized spacial score (nSPS) is 14.1. The maximum absolute atomic E-state index is 12.7. The second-order valence-electron chi connectivity index (χ2n) is 2.39. The number of benzene rings is 1. The summed E-state index contributed by atoms with van der Waals surface area (Å²) in [6.45, 7) is 0. The Morgan fingerprint density at radius 1 is 1.29 bits per heavy atom. The fourth-order valence-corrected chi connectivity index (χ4v) is 1.28. The van der Waals surface area contributed by atoms with Crippen LogP contribution in [0.2, 0.25) is 0 Å². The van der Waals surface area contributed by atoms with Crippen molar-refractivity contribution in [1.82, 2.24) is 0 Å². The van der Waals surface area contributed by atoms with Crippen LogP contribution in [0.25, 0.3) is 0 Å². The van der Waals surface area contributed by atoms with E-state index in [2.05, 4.69) is 0 Å². The summed E-state index contributed by atoms with van der Waals surface area (Å²) in [5.74, 6) is -1.14. The Kier molecular flexibility index (Phi) is 2.91. The lowest BCUT2D eigenvalue weighted by molar-refractivity contribution is -0.137. The van der Waals surface area contributed by atoms with Gasteiger partial charge in [-0.05, 0) is 18.2 Å². The van der Waals surface area contributed by atoms with E-state index in [-0.39, 0.29) is 0 Å². The van der Waals surface area contributed by atoms with Gasteiger partial charge in [0, 0.05) is 0 Å². The average molecular weight is 228 g/mol. The van der Waals surface area contributed by atoms with Gasteiger partial charge < -0.3 is 4.55 Å². The highest BCUT2D eigenvalue weighted by Crippen LogP contribution is 2.30. The zero-order chi connectivity index (χ0) is 10.9. The molecular formula is C7H4F4O2S. The summed E-state index contributed by atoms with van der Waals surface area (Å²) in [6, 6.07) is 1.32. The summed E-state index contributed by atoms with van der Waals surface area (Å²) < 4.78 is 67.7. The highest BCUT2D eigenvalue weighted by atomic mass is 32.2. The van der Waals surface area contributed by atoms with Crippen LogP contribution in [-0.2, 0) is 17.3 Å². The molecule has 0 radical (unpaired) electrons. The van der Waals surface area contributed by atoms with Gasteiger partial charge in [-0.25, -0.2) is 8.60 Å². The van der Waals surface area contributed by atoms with Gasteiger partial charge in [-0.15, -0.1) is 0 Å². The summed E-state index contributed by atoms with van der Waals surface area (Å²) >= 11 is -2.76. The van der Waals surface area contributed by atoms with Gasteiger partial charge in [0.25, 0.3) is 0 Å². The van der Waals surface area contributed by atoms with Crippen molar-refractivity contribution in [3.8, 4) is 0 Å². The maximum atomic E-state index is 12.7. The number of hydrogen-bond acceptors (Lipinski definition) is 1. The lowest BCUT2D eigenvalue weighted by Gasteiger charge is -2.07. The molecule has 0 fully saturated rings. The van der Waals surface area contributed by atoms with Gasteiger partial charge in [-0.1, -0.05) is 0 Å². The first-order chi connectivity index (χ1) is 6.32. The van der Waals surface area contributed by atoms with E-state index in [4.69, 9.17) is 4.55 Å². The molecule has 2 nitrogen and oxygen atoms in total. The van der Waals surface area contributed by atoms with E-state index in [1.807, 2.05) is 0 Å². The zero-order valence-electron chi connectivity index (χ0n) is 6.51. The summed E-state index contributed by atoms with van der Waals surface area (Å²) in [6.07, 6.45) is -4.65. The van der Waals surface area contributed by atoms with E-state index in [1.54, 1.807) is 0 Å². The Labute approximate surface area is 78.8 Å². The summed E-state index contributed by atoms with van der Waals surface area (Å²) in [7, 11) is 0. The number of halogens is 4.